The van der Waals surface area contributed by atoms with E-state index in [0.717, 1.165) is 10.3 Å². The molecule has 2 aromatic carbocycles. The Balaban J connectivity index is 1.95. The van der Waals surface area contributed by atoms with Crippen LogP contribution in [0.15, 0.2) is 30.3 Å². The highest BCUT2D eigenvalue weighted by atomic mass is 35.5. The van der Waals surface area contributed by atoms with Gasteiger partial charge in [0.15, 0.2) is 10.7 Å². The number of aliphatic carboxylic acids is 1. The molecule has 1 aliphatic heterocycles. The topological polar surface area (TPSA) is 79.7 Å². The minimum atomic E-state index is -1.56. The molecule has 1 N–H and O–H groups in total. The summed E-state index contributed by atoms with van der Waals surface area (Å²) >= 11 is 13.6. The number of carbonyl (C=O) groups is 2. The quantitative estimate of drug-likeness (QED) is 0.609. The van der Waals surface area contributed by atoms with E-state index in [4.69, 9.17) is 27.9 Å². The summed E-state index contributed by atoms with van der Waals surface area (Å²) < 4.78 is 6.57. The number of carbonyl (C=O) groups excluding carboxylic acids is 1. The molecule has 0 fully saturated rings. The predicted octanol–water partition coefficient (Wildman–Crippen LogP) is 5.20. The Hall–Kier alpha value is -2.35. The van der Waals surface area contributed by atoms with Gasteiger partial charge in [-0.25, -0.2) is 9.88 Å². The minimum Gasteiger partial charge on any atom is -0.481 e. The zero-order chi connectivity index (χ0) is 20.2. The lowest BCUT2D eigenvalue weighted by Gasteiger charge is -2.39. The number of anilines is 2. The molecule has 6 nitrogen and oxygen atoms in total. The van der Waals surface area contributed by atoms with Gasteiger partial charge in [0.25, 0.3) is 5.91 Å². The Morgan fingerprint density at radius 1 is 1.36 bits per heavy atom. The van der Waals surface area contributed by atoms with Gasteiger partial charge < -0.3 is 9.84 Å². The minimum absolute atomic E-state index is 0.375. The number of fused-ring (bicyclic) bond motifs is 2. The number of nitrogens with zero attached hydrogens (tertiary/aromatic N) is 2. The standard InChI is InChI=1S/C19H14Cl2N2O4S/c1-9-4-3-5-12-16(9)23(17(26)19(2,27-12)8-14(24)25)18-22-15-11(21)6-10(20)7-13(15)28-18/h3-7H,8H2,1-2H3,(H,24,25). The maximum atomic E-state index is 13.4. The maximum Gasteiger partial charge on any atom is 0.307 e. The molecule has 2 heterocycles. The third-order valence-electron chi connectivity index (χ3n) is 4.50. The highest BCUT2D eigenvalue weighted by molar-refractivity contribution is 7.22. The fourth-order valence-corrected chi connectivity index (χ4v) is 4.94. The lowest BCUT2D eigenvalue weighted by Crippen LogP contribution is -2.54. The number of hydrogen-bond donors (Lipinski definition) is 1. The van der Waals surface area contributed by atoms with Gasteiger partial charge in [-0.1, -0.05) is 46.7 Å². The van der Waals surface area contributed by atoms with Crippen LogP contribution in [-0.4, -0.2) is 27.6 Å². The van der Waals surface area contributed by atoms with E-state index >= 15 is 0 Å². The fraction of sp³-hybridized carbons (Fsp3) is 0.211. The number of amides is 1. The monoisotopic (exact) mass is 436 g/mol. The van der Waals surface area contributed by atoms with Crippen LogP contribution in [0.2, 0.25) is 10.0 Å². The van der Waals surface area contributed by atoms with Crippen LogP contribution in [-0.2, 0) is 9.59 Å². The molecule has 1 unspecified atom stereocenters. The predicted molar refractivity (Wildman–Crippen MR) is 109 cm³/mol. The zero-order valence-corrected chi connectivity index (χ0v) is 17.2. The smallest absolute Gasteiger partial charge is 0.307 e. The molecule has 1 aliphatic rings. The number of aryl methyl sites for hydroxylation is 1. The molecule has 0 spiro atoms. The third-order valence-corrected chi connectivity index (χ3v) is 5.99. The van der Waals surface area contributed by atoms with Crippen molar-refractivity contribution >= 4 is 67.5 Å². The molecule has 0 bridgehead atoms. The first-order valence-electron chi connectivity index (χ1n) is 8.30. The van der Waals surface area contributed by atoms with Crippen LogP contribution in [0.25, 0.3) is 10.2 Å². The van der Waals surface area contributed by atoms with Gasteiger partial charge in [-0.2, -0.15) is 0 Å². The van der Waals surface area contributed by atoms with Gasteiger partial charge in [0.05, 0.1) is 21.8 Å². The van der Waals surface area contributed by atoms with Crippen molar-refractivity contribution in [3.05, 3.63) is 45.9 Å². The molecule has 3 aromatic rings. The van der Waals surface area contributed by atoms with Crippen molar-refractivity contribution in [2.75, 3.05) is 4.90 Å². The number of carboxylic acids is 1. The SMILES string of the molecule is Cc1cccc2c1N(c1nc3c(Cl)cc(Cl)cc3s1)C(=O)C(C)(CC(=O)O)O2. The van der Waals surface area contributed by atoms with E-state index in [1.54, 1.807) is 24.3 Å². The second-order valence-electron chi connectivity index (χ2n) is 6.70. The van der Waals surface area contributed by atoms with E-state index in [9.17, 15) is 14.7 Å². The Labute approximate surface area is 174 Å². The van der Waals surface area contributed by atoms with Gasteiger partial charge in [0, 0.05) is 5.02 Å². The number of thiazole rings is 1. The van der Waals surface area contributed by atoms with Crippen molar-refractivity contribution < 1.29 is 19.4 Å². The van der Waals surface area contributed by atoms with Crippen LogP contribution < -0.4 is 9.64 Å². The van der Waals surface area contributed by atoms with Gasteiger partial charge in [-0.3, -0.25) is 9.59 Å². The molecule has 9 heteroatoms. The molecular formula is C19H14Cl2N2O4S. The summed E-state index contributed by atoms with van der Waals surface area (Å²) in [6.07, 6.45) is -0.479. The van der Waals surface area contributed by atoms with Gasteiger partial charge in [-0.15, -0.1) is 0 Å². The van der Waals surface area contributed by atoms with Crippen molar-refractivity contribution in [2.45, 2.75) is 25.9 Å². The molecule has 1 amide bonds. The highest BCUT2D eigenvalue weighted by Crippen LogP contribution is 2.47. The molecule has 0 saturated heterocycles. The Bertz CT molecular complexity index is 1150. The lowest BCUT2D eigenvalue weighted by molar-refractivity contribution is -0.148. The second-order valence-corrected chi connectivity index (χ2v) is 8.55. The summed E-state index contributed by atoms with van der Waals surface area (Å²) in [5, 5.41) is 10.5. The number of para-hydroxylation sites is 1. The summed E-state index contributed by atoms with van der Waals surface area (Å²) in [7, 11) is 0. The van der Waals surface area contributed by atoms with E-state index in [2.05, 4.69) is 4.98 Å². The number of benzene rings is 2. The fourth-order valence-electron chi connectivity index (χ4n) is 3.25. The van der Waals surface area contributed by atoms with Crippen LogP contribution in [0.1, 0.15) is 18.9 Å². The van der Waals surface area contributed by atoms with E-state index in [0.29, 0.717) is 32.1 Å². The molecule has 28 heavy (non-hydrogen) atoms. The molecule has 144 valence electrons. The van der Waals surface area contributed by atoms with E-state index in [1.807, 2.05) is 13.0 Å². The summed E-state index contributed by atoms with van der Waals surface area (Å²) in [5.41, 5.74) is 0.301. The van der Waals surface area contributed by atoms with E-state index in [-0.39, 0.29) is 0 Å². The first kappa shape index (κ1) is 19.0. The number of carboxylic acid groups (broad SMARTS) is 1. The molecule has 0 aliphatic carbocycles. The number of ether oxygens (including phenoxy) is 1. The van der Waals surface area contributed by atoms with Gasteiger partial charge >= 0.3 is 5.97 Å². The van der Waals surface area contributed by atoms with Crippen LogP contribution in [0.3, 0.4) is 0 Å². The van der Waals surface area contributed by atoms with Gasteiger partial charge in [0.2, 0.25) is 0 Å². The highest BCUT2D eigenvalue weighted by Gasteiger charge is 2.48. The van der Waals surface area contributed by atoms with Crippen LogP contribution >= 0.6 is 34.5 Å². The van der Waals surface area contributed by atoms with Crippen molar-refractivity contribution in [3.63, 3.8) is 0 Å². The van der Waals surface area contributed by atoms with Crippen molar-refractivity contribution in [3.8, 4) is 5.75 Å². The average molecular weight is 437 g/mol. The summed E-state index contributed by atoms with van der Waals surface area (Å²) in [6, 6.07) is 8.66. The Morgan fingerprint density at radius 2 is 2.11 bits per heavy atom. The van der Waals surface area contributed by atoms with Crippen LogP contribution in [0.5, 0.6) is 5.75 Å². The molecule has 1 aromatic heterocycles. The first-order chi connectivity index (χ1) is 13.2. The Kier molecular flexibility index (Phi) is 4.49. The van der Waals surface area contributed by atoms with Crippen LogP contribution in [0, 0.1) is 6.92 Å². The normalized spacial score (nSPS) is 18.9. The number of rotatable bonds is 3. The van der Waals surface area contributed by atoms with Crippen LogP contribution in [0.4, 0.5) is 10.8 Å². The number of hydrogen-bond acceptors (Lipinski definition) is 5. The Morgan fingerprint density at radius 3 is 2.82 bits per heavy atom. The van der Waals surface area contributed by atoms with Crippen molar-refractivity contribution in [2.24, 2.45) is 0 Å². The third kappa shape index (κ3) is 2.99. The van der Waals surface area contributed by atoms with E-state index in [1.165, 1.54) is 23.2 Å². The lowest BCUT2D eigenvalue weighted by atomic mass is 9.96. The molecule has 0 radical (unpaired) electrons. The molecule has 1 atom stereocenters. The average Bonchev–Trinajstić information content (AvgIpc) is 3.00. The largest absolute Gasteiger partial charge is 0.481 e. The van der Waals surface area contributed by atoms with Gasteiger partial charge in [0.1, 0.15) is 11.3 Å². The van der Waals surface area contributed by atoms with Crippen molar-refractivity contribution in [1.82, 2.24) is 4.98 Å². The zero-order valence-electron chi connectivity index (χ0n) is 14.8. The molecular weight excluding hydrogens is 423 g/mol. The van der Waals surface area contributed by atoms with Crippen molar-refractivity contribution in [1.29, 1.82) is 0 Å². The maximum absolute atomic E-state index is 13.4. The molecule has 4 rings (SSSR count). The second kappa shape index (κ2) is 6.62. The number of halogens is 2. The van der Waals surface area contributed by atoms with E-state index < -0.39 is 23.9 Å². The summed E-state index contributed by atoms with van der Waals surface area (Å²) in [4.78, 5) is 30.7. The molecule has 0 saturated carbocycles. The summed E-state index contributed by atoms with van der Waals surface area (Å²) in [6.45, 7) is 3.32. The summed E-state index contributed by atoms with van der Waals surface area (Å²) in [5.74, 6) is -1.21. The first-order valence-corrected chi connectivity index (χ1v) is 9.87. The van der Waals surface area contributed by atoms with Gasteiger partial charge in [-0.05, 0) is 37.6 Å². The number of aromatic nitrogens is 1.